The van der Waals surface area contributed by atoms with Crippen molar-refractivity contribution in [3.05, 3.63) is 65.7 Å². The Morgan fingerprint density at radius 3 is 2.33 bits per heavy atom. The van der Waals surface area contributed by atoms with Gasteiger partial charge >= 0.3 is 0 Å². The number of hydrogen-bond acceptors (Lipinski definition) is 2. The first-order valence-electron chi connectivity index (χ1n) is 7.75. The molecule has 2 aromatic rings. The lowest BCUT2D eigenvalue weighted by atomic mass is 9.91. The number of anilines is 1. The fourth-order valence-electron chi connectivity index (χ4n) is 3.00. The third-order valence-electron chi connectivity index (χ3n) is 4.22. The van der Waals surface area contributed by atoms with E-state index in [0.29, 0.717) is 18.5 Å². The van der Waals surface area contributed by atoms with E-state index in [2.05, 4.69) is 80.3 Å². The van der Waals surface area contributed by atoms with E-state index in [1.807, 2.05) is 0 Å². The van der Waals surface area contributed by atoms with Crippen LogP contribution in [0.25, 0.3) is 0 Å². The molecule has 2 aromatic carbocycles. The summed E-state index contributed by atoms with van der Waals surface area (Å²) in [5.74, 6) is 0.400. The van der Waals surface area contributed by atoms with E-state index < -0.39 is 0 Å². The van der Waals surface area contributed by atoms with Crippen molar-refractivity contribution in [3.63, 3.8) is 0 Å². The smallest absolute Gasteiger partial charge is 0.0478 e. The number of aryl methyl sites for hydroxylation is 1. The Bertz CT molecular complexity index is 551. The van der Waals surface area contributed by atoms with Gasteiger partial charge < -0.3 is 10.6 Å². The molecule has 0 aliphatic carbocycles. The molecule has 112 valence electrons. The Balaban J connectivity index is 2.29. The van der Waals surface area contributed by atoms with Crippen LogP contribution in [0, 0.1) is 6.92 Å². The molecule has 0 saturated carbocycles. The summed E-state index contributed by atoms with van der Waals surface area (Å²) in [5.41, 5.74) is 10.0. The van der Waals surface area contributed by atoms with Crippen LogP contribution in [0.15, 0.2) is 54.6 Å². The Labute approximate surface area is 128 Å². The zero-order chi connectivity index (χ0) is 15.2. The van der Waals surface area contributed by atoms with Gasteiger partial charge in [0.2, 0.25) is 0 Å². The third-order valence-corrected chi connectivity index (χ3v) is 4.22. The van der Waals surface area contributed by atoms with Crippen molar-refractivity contribution < 1.29 is 0 Å². The quantitative estimate of drug-likeness (QED) is 0.869. The fourth-order valence-corrected chi connectivity index (χ4v) is 3.00. The standard InChI is InChI=1S/C19H26N2/c1-4-21(18-12-8-9-15(2)13-18)19(14-20)16(3)17-10-6-5-7-11-17/h5-13,16,19H,4,14,20H2,1-3H3. The van der Waals surface area contributed by atoms with E-state index in [-0.39, 0.29) is 0 Å². The Morgan fingerprint density at radius 2 is 1.76 bits per heavy atom. The molecule has 0 fully saturated rings. The van der Waals surface area contributed by atoms with Gasteiger partial charge in [0.05, 0.1) is 0 Å². The lowest BCUT2D eigenvalue weighted by Gasteiger charge is -2.36. The van der Waals surface area contributed by atoms with Gasteiger partial charge in [-0.15, -0.1) is 0 Å². The van der Waals surface area contributed by atoms with E-state index in [4.69, 9.17) is 5.73 Å². The average molecular weight is 282 g/mol. The fraction of sp³-hybridized carbons (Fsp3) is 0.368. The van der Waals surface area contributed by atoms with E-state index in [9.17, 15) is 0 Å². The van der Waals surface area contributed by atoms with Crippen molar-refractivity contribution in [2.75, 3.05) is 18.0 Å². The van der Waals surface area contributed by atoms with Gasteiger partial charge in [-0.3, -0.25) is 0 Å². The second-order valence-electron chi connectivity index (χ2n) is 5.63. The maximum Gasteiger partial charge on any atom is 0.0478 e. The van der Waals surface area contributed by atoms with Crippen molar-refractivity contribution in [1.29, 1.82) is 0 Å². The molecule has 0 amide bonds. The van der Waals surface area contributed by atoms with Crippen molar-refractivity contribution >= 4 is 5.69 Å². The molecule has 2 nitrogen and oxygen atoms in total. The van der Waals surface area contributed by atoms with Crippen molar-refractivity contribution in [3.8, 4) is 0 Å². The monoisotopic (exact) mass is 282 g/mol. The maximum atomic E-state index is 6.12. The van der Waals surface area contributed by atoms with Crippen LogP contribution >= 0.6 is 0 Å². The molecule has 0 spiro atoms. The van der Waals surface area contributed by atoms with Crippen molar-refractivity contribution in [2.45, 2.75) is 32.7 Å². The molecule has 0 heterocycles. The van der Waals surface area contributed by atoms with Crippen molar-refractivity contribution in [2.24, 2.45) is 5.73 Å². The number of rotatable bonds is 6. The summed E-state index contributed by atoms with van der Waals surface area (Å²) in [6.07, 6.45) is 0. The molecule has 0 aromatic heterocycles. The highest BCUT2D eigenvalue weighted by molar-refractivity contribution is 5.50. The molecular formula is C19H26N2. The van der Waals surface area contributed by atoms with Gasteiger partial charge in [0.15, 0.2) is 0 Å². The molecule has 2 atom stereocenters. The summed E-state index contributed by atoms with van der Waals surface area (Å²) in [6, 6.07) is 19.6. The predicted octanol–water partition coefficient (Wildman–Crippen LogP) is 3.95. The molecular weight excluding hydrogens is 256 g/mol. The SMILES string of the molecule is CCN(c1cccc(C)c1)C(CN)C(C)c1ccccc1. The lowest BCUT2D eigenvalue weighted by Crippen LogP contribution is -2.44. The minimum atomic E-state index is 0.305. The van der Waals surface area contributed by atoms with E-state index >= 15 is 0 Å². The predicted molar refractivity (Wildman–Crippen MR) is 91.9 cm³/mol. The second-order valence-corrected chi connectivity index (χ2v) is 5.63. The van der Waals surface area contributed by atoms with Gasteiger partial charge in [0, 0.05) is 30.7 Å². The van der Waals surface area contributed by atoms with E-state index in [0.717, 1.165) is 6.54 Å². The highest BCUT2D eigenvalue weighted by Crippen LogP contribution is 2.27. The van der Waals surface area contributed by atoms with Gasteiger partial charge in [-0.2, -0.15) is 0 Å². The van der Waals surface area contributed by atoms with Crippen molar-refractivity contribution in [1.82, 2.24) is 0 Å². The molecule has 2 unspecified atom stereocenters. The molecule has 2 heteroatoms. The minimum absolute atomic E-state index is 0.305. The Hall–Kier alpha value is -1.80. The number of hydrogen-bond donors (Lipinski definition) is 1. The number of likely N-dealkylation sites (N-methyl/N-ethyl adjacent to an activating group) is 1. The molecule has 0 aliphatic rings. The normalized spacial score (nSPS) is 13.7. The van der Waals surface area contributed by atoms with Gasteiger partial charge in [0.1, 0.15) is 0 Å². The highest BCUT2D eigenvalue weighted by atomic mass is 15.2. The van der Waals surface area contributed by atoms with Crippen LogP contribution in [0.2, 0.25) is 0 Å². The molecule has 0 aliphatic heterocycles. The molecule has 2 rings (SSSR count). The van der Waals surface area contributed by atoms with Crippen LogP contribution in [-0.4, -0.2) is 19.1 Å². The van der Waals surface area contributed by atoms with Gasteiger partial charge in [-0.05, 0) is 37.1 Å². The summed E-state index contributed by atoms with van der Waals surface area (Å²) in [5, 5.41) is 0. The Morgan fingerprint density at radius 1 is 1.05 bits per heavy atom. The molecule has 0 bridgehead atoms. The Kier molecular flexibility index (Phi) is 5.40. The summed E-state index contributed by atoms with van der Waals surface area (Å²) < 4.78 is 0. The zero-order valence-corrected chi connectivity index (χ0v) is 13.3. The summed E-state index contributed by atoms with van der Waals surface area (Å²) in [4.78, 5) is 2.42. The lowest BCUT2D eigenvalue weighted by molar-refractivity contribution is 0.527. The number of benzene rings is 2. The molecule has 0 saturated heterocycles. The summed E-state index contributed by atoms with van der Waals surface area (Å²) >= 11 is 0. The third kappa shape index (κ3) is 3.64. The van der Waals surface area contributed by atoms with Crippen LogP contribution in [0.5, 0.6) is 0 Å². The maximum absolute atomic E-state index is 6.12. The van der Waals surface area contributed by atoms with Gasteiger partial charge in [-0.25, -0.2) is 0 Å². The van der Waals surface area contributed by atoms with Gasteiger partial charge in [0.25, 0.3) is 0 Å². The molecule has 21 heavy (non-hydrogen) atoms. The van der Waals surface area contributed by atoms with Crippen LogP contribution in [0.4, 0.5) is 5.69 Å². The van der Waals surface area contributed by atoms with Crippen LogP contribution < -0.4 is 10.6 Å². The summed E-state index contributed by atoms with van der Waals surface area (Å²) in [7, 11) is 0. The largest absolute Gasteiger partial charge is 0.367 e. The summed E-state index contributed by atoms with van der Waals surface area (Å²) in [6.45, 7) is 8.21. The minimum Gasteiger partial charge on any atom is -0.367 e. The first-order chi connectivity index (χ1) is 10.2. The molecule has 2 N–H and O–H groups in total. The topological polar surface area (TPSA) is 29.3 Å². The average Bonchev–Trinajstić information content (AvgIpc) is 2.52. The van der Waals surface area contributed by atoms with Crippen LogP contribution in [-0.2, 0) is 0 Å². The van der Waals surface area contributed by atoms with Crippen LogP contribution in [0.1, 0.15) is 30.9 Å². The van der Waals surface area contributed by atoms with Gasteiger partial charge in [-0.1, -0.05) is 49.4 Å². The first-order valence-corrected chi connectivity index (χ1v) is 7.75. The molecule has 0 radical (unpaired) electrons. The first kappa shape index (κ1) is 15.6. The number of nitrogens with zero attached hydrogens (tertiary/aromatic N) is 1. The zero-order valence-electron chi connectivity index (χ0n) is 13.3. The van der Waals surface area contributed by atoms with E-state index in [1.54, 1.807) is 0 Å². The van der Waals surface area contributed by atoms with E-state index in [1.165, 1.54) is 16.8 Å². The second kappa shape index (κ2) is 7.28. The van der Waals surface area contributed by atoms with Crippen LogP contribution in [0.3, 0.4) is 0 Å². The highest BCUT2D eigenvalue weighted by Gasteiger charge is 2.23. The number of nitrogens with two attached hydrogens (primary N) is 1.